The lowest BCUT2D eigenvalue weighted by molar-refractivity contribution is -0.384. The largest absolute Gasteiger partial charge is 0.418 e. The van der Waals surface area contributed by atoms with Gasteiger partial charge in [-0.15, -0.1) is 0 Å². The van der Waals surface area contributed by atoms with Crippen molar-refractivity contribution in [2.24, 2.45) is 0 Å². The van der Waals surface area contributed by atoms with Gasteiger partial charge in [0.05, 0.1) is 22.1 Å². The number of carbonyl (C=O) groups excluding carboxylic acids is 1. The standard InChI is InChI=1S/C19H17ClF4N4O3/c20-15-10-16(17(28(30)31)9-14(15)19(22,23)24)27-7-5-26(6-8-27)11-18(29)25-13-3-1-12(21)2-4-13/h1-4,9-10H,5-8,11H2,(H,25,29). The maximum atomic E-state index is 13.0. The van der Waals surface area contributed by atoms with Crippen molar-refractivity contribution in [1.82, 2.24) is 4.90 Å². The molecule has 1 saturated heterocycles. The van der Waals surface area contributed by atoms with Gasteiger partial charge in [-0.25, -0.2) is 4.39 Å². The van der Waals surface area contributed by atoms with Crippen LogP contribution in [0.2, 0.25) is 5.02 Å². The number of piperazine rings is 1. The van der Waals surface area contributed by atoms with Gasteiger partial charge in [-0.3, -0.25) is 19.8 Å². The van der Waals surface area contributed by atoms with Gasteiger partial charge in [0.15, 0.2) is 0 Å². The van der Waals surface area contributed by atoms with Crippen LogP contribution >= 0.6 is 11.6 Å². The first-order valence-corrected chi connectivity index (χ1v) is 9.50. The molecule has 1 fully saturated rings. The highest BCUT2D eigenvalue weighted by atomic mass is 35.5. The summed E-state index contributed by atoms with van der Waals surface area (Å²) >= 11 is 5.74. The summed E-state index contributed by atoms with van der Waals surface area (Å²) in [4.78, 5) is 26.0. The van der Waals surface area contributed by atoms with Gasteiger partial charge in [0.1, 0.15) is 11.5 Å². The van der Waals surface area contributed by atoms with E-state index in [4.69, 9.17) is 11.6 Å². The minimum Gasteiger partial charge on any atom is -0.363 e. The fourth-order valence-corrected chi connectivity index (χ4v) is 3.52. The van der Waals surface area contributed by atoms with Crippen molar-refractivity contribution in [3.05, 3.63) is 62.9 Å². The van der Waals surface area contributed by atoms with Crippen LogP contribution in [0.5, 0.6) is 0 Å². The predicted molar refractivity (Wildman–Crippen MR) is 107 cm³/mol. The number of nitrogens with one attached hydrogen (secondary N) is 1. The third kappa shape index (κ3) is 5.61. The number of halogens is 5. The van der Waals surface area contributed by atoms with E-state index in [9.17, 15) is 32.5 Å². The van der Waals surface area contributed by atoms with E-state index < -0.39 is 33.2 Å². The van der Waals surface area contributed by atoms with Gasteiger partial charge in [-0.2, -0.15) is 13.2 Å². The van der Waals surface area contributed by atoms with Crippen molar-refractivity contribution in [1.29, 1.82) is 0 Å². The molecule has 1 aliphatic rings. The summed E-state index contributed by atoms with van der Waals surface area (Å²) in [5.41, 5.74) is -1.50. The van der Waals surface area contributed by atoms with E-state index in [1.165, 1.54) is 24.3 Å². The first kappa shape index (κ1) is 22.8. The van der Waals surface area contributed by atoms with Gasteiger partial charge in [-0.1, -0.05) is 11.6 Å². The Balaban J connectivity index is 1.65. The summed E-state index contributed by atoms with van der Waals surface area (Å²) in [5, 5.41) is 13.4. The van der Waals surface area contributed by atoms with Gasteiger partial charge in [0, 0.05) is 37.9 Å². The molecule has 1 N–H and O–H groups in total. The highest BCUT2D eigenvalue weighted by Gasteiger charge is 2.37. The van der Waals surface area contributed by atoms with E-state index in [0.717, 1.165) is 6.07 Å². The van der Waals surface area contributed by atoms with E-state index in [0.29, 0.717) is 24.8 Å². The van der Waals surface area contributed by atoms with Gasteiger partial charge in [-0.05, 0) is 30.3 Å². The third-order valence-corrected chi connectivity index (χ3v) is 5.09. The number of benzene rings is 2. The van der Waals surface area contributed by atoms with E-state index in [1.54, 1.807) is 9.80 Å². The smallest absolute Gasteiger partial charge is 0.363 e. The number of hydrogen-bond donors (Lipinski definition) is 1. The lowest BCUT2D eigenvalue weighted by atomic mass is 10.1. The lowest BCUT2D eigenvalue weighted by Crippen LogP contribution is -2.48. The SMILES string of the molecule is O=C(CN1CCN(c2cc(Cl)c(C(F)(F)F)cc2[N+](=O)[O-])CC1)Nc1ccc(F)cc1. The van der Waals surface area contributed by atoms with Gasteiger partial charge in [0.2, 0.25) is 5.91 Å². The van der Waals surface area contributed by atoms with E-state index in [-0.39, 0.29) is 31.2 Å². The molecule has 0 aliphatic carbocycles. The van der Waals surface area contributed by atoms with Crippen molar-refractivity contribution in [2.45, 2.75) is 6.18 Å². The van der Waals surface area contributed by atoms with Crippen molar-refractivity contribution >= 4 is 34.6 Å². The molecule has 166 valence electrons. The monoisotopic (exact) mass is 460 g/mol. The summed E-state index contributed by atoms with van der Waals surface area (Å²) in [6, 6.07) is 6.70. The van der Waals surface area contributed by atoms with Crippen LogP contribution < -0.4 is 10.2 Å². The molecule has 2 aromatic carbocycles. The van der Waals surface area contributed by atoms with E-state index in [2.05, 4.69) is 5.32 Å². The first-order chi connectivity index (χ1) is 14.5. The molecule has 7 nitrogen and oxygen atoms in total. The summed E-state index contributed by atoms with van der Waals surface area (Å²) in [6.45, 7) is 1.26. The number of nitro benzene ring substituents is 1. The molecule has 0 aromatic heterocycles. The minimum absolute atomic E-state index is 0.00147. The fourth-order valence-electron chi connectivity index (χ4n) is 3.25. The molecular weight excluding hydrogens is 444 g/mol. The second-order valence-electron chi connectivity index (χ2n) is 6.89. The maximum absolute atomic E-state index is 13.0. The molecule has 0 spiro atoms. The number of hydrogen-bond acceptors (Lipinski definition) is 5. The Kier molecular flexibility index (Phi) is 6.65. The van der Waals surface area contributed by atoms with Crippen molar-refractivity contribution in [3.63, 3.8) is 0 Å². The molecule has 2 aromatic rings. The molecule has 0 atom stereocenters. The second kappa shape index (κ2) is 9.06. The third-order valence-electron chi connectivity index (χ3n) is 4.77. The van der Waals surface area contributed by atoms with Gasteiger partial charge >= 0.3 is 6.18 Å². The number of nitrogens with zero attached hydrogens (tertiary/aromatic N) is 3. The highest BCUT2D eigenvalue weighted by molar-refractivity contribution is 6.31. The summed E-state index contributed by atoms with van der Waals surface area (Å²) in [6.07, 6.45) is -4.81. The molecule has 1 amide bonds. The van der Waals surface area contributed by atoms with Crippen LogP contribution in [0.4, 0.5) is 34.6 Å². The van der Waals surface area contributed by atoms with Crippen LogP contribution in [0.25, 0.3) is 0 Å². The molecule has 3 rings (SSSR count). The Bertz CT molecular complexity index is 977. The molecule has 0 unspecified atom stereocenters. The Morgan fingerprint density at radius 1 is 1.13 bits per heavy atom. The number of amides is 1. The predicted octanol–water partition coefficient (Wildman–Crippen LogP) is 4.17. The average molecular weight is 461 g/mol. The average Bonchev–Trinajstić information content (AvgIpc) is 2.69. The van der Waals surface area contributed by atoms with Crippen molar-refractivity contribution < 1.29 is 27.3 Å². The number of nitro groups is 1. The quantitative estimate of drug-likeness (QED) is 0.411. The number of anilines is 2. The Hall–Kier alpha value is -2.92. The van der Waals surface area contributed by atoms with Crippen LogP contribution in [0.3, 0.4) is 0 Å². The zero-order chi connectivity index (χ0) is 22.8. The lowest BCUT2D eigenvalue weighted by Gasteiger charge is -2.35. The Labute approximate surface area is 179 Å². The zero-order valence-corrected chi connectivity index (χ0v) is 16.7. The Morgan fingerprint density at radius 3 is 2.29 bits per heavy atom. The summed E-state index contributed by atoms with van der Waals surface area (Å²) in [5.74, 6) is -0.741. The van der Waals surface area contributed by atoms with Gasteiger partial charge in [0.25, 0.3) is 5.69 Å². The minimum atomic E-state index is -4.81. The van der Waals surface area contributed by atoms with Crippen LogP contribution in [-0.4, -0.2) is 48.5 Å². The second-order valence-corrected chi connectivity index (χ2v) is 7.30. The molecule has 31 heavy (non-hydrogen) atoms. The first-order valence-electron chi connectivity index (χ1n) is 9.12. The van der Waals surface area contributed by atoms with Crippen LogP contribution in [-0.2, 0) is 11.0 Å². The number of rotatable bonds is 5. The van der Waals surface area contributed by atoms with Crippen LogP contribution in [0, 0.1) is 15.9 Å². The molecular formula is C19H17ClF4N4O3. The normalized spacial score (nSPS) is 15.1. The number of carbonyl (C=O) groups is 1. The fraction of sp³-hybridized carbons (Fsp3) is 0.316. The summed E-state index contributed by atoms with van der Waals surface area (Å²) < 4.78 is 52.0. The van der Waals surface area contributed by atoms with Crippen LogP contribution in [0.15, 0.2) is 36.4 Å². The topological polar surface area (TPSA) is 78.7 Å². The molecule has 0 radical (unpaired) electrons. The summed E-state index contributed by atoms with van der Waals surface area (Å²) in [7, 11) is 0. The maximum Gasteiger partial charge on any atom is 0.418 e. The number of alkyl halides is 3. The Morgan fingerprint density at radius 2 is 1.74 bits per heavy atom. The van der Waals surface area contributed by atoms with Gasteiger partial charge < -0.3 is 10.2 Å². The van der Waals surface area contributed by atoms with Crippen molar-refractivity contribution in [3.8, 4) is 0 Å². The van der Waals surface area contributed by atoms with Crippen LogP contribution in [0.1, 0.15) is 5.56 Å². The molecule has 12 heteroatoms. The van der Waals surface area contributed by atoms with E-state index in [1.807, 2.05) is 0 Å². The molecule has 0 bridgehead atoms. The zero-order valence-electron chi connectivity index (χ0n) is 16.0. The van der Waals surface area contributed by atoms with E-state index >= 15 is 0 Å². The molecule has 1 aliphatic heterocycles. The molecule has 1 heterocycles. The molecule has 0 saturated carbocycles. The highest BCUT2D eigenvalue weighted by Crippen LogP contribution is 2.41. The van der Waals surface area contributed by atoms with Crippen molar-refractivity contribution in [2.75, 3.05) is 42.9 Å².